The molecule has 9 nitrogen and oxygen atoms in total. The van der Waals surface area contributed by atoms with Crippen molar-refractivity contribution in [3.05, 3.63) is 17.1 Å². The van der Waals surface area contributed by atoms with Crippen LogP contribution in [0.25, 0.3) is 0 Å². The predicted molar refractivity (Wildman–Crippen MR) is 96.9 cm³/mol. The fraction of sp³-hybridized carbons (Fsp3) is 0.625. The standard InChI is InChI=1S/C16H24N6O3S/c1-2-25-14(23)11-8-18-15(24)19-12(11)9-26-16-21-20-13(22(16)17)10-6-4-3-5-7-10/h10H,2-9,17H2,1H3,(H2,18,19,24). The van der Waals surface area contributed by atoms with Gasteiger partial charge in [-0.1, -0.05) is 31.0 Å². The molecule has 10 heteroatoms. The number of nitrogens with one attached hydrogen (secondary N) is 2. The number of aromatic nitrogens is 3. The zero-order valence-corrected chi connectivity index (χ0v) is 15.6. The third-order valence-corrected chi connectivity index (χ3v) is 5.55. The number of carbonyl (C=O) groups excluding carboxylic acids is 2. The highest BCUT2D eigenvalue weighted by Crippen LogP contribution is 2.32. The molecule has 0 radical (unpaired) electrons. The highest BCUT2D eigenvalue weighted by molar-refractivity contribution is 7.99. The van der Waals surface area contributed by atoms with Gasteiger partial charge in [0.05, 0.1) is 18.7 Å². The SMILES string of the molecule is CCOC(=O)C1=C(CSc2nnc(C3CCCCC3)n2N)NC(=O)NC1. The summed E-state index contributed by atoms with van der Waals surface area (Å²) in [6.07, 6.45) is 5.80. The van der Waals surface area contributed by atoms with Crippen LogP contribution in [0, 0.1) is 0 Å². The van der Waals surface area contributed by atoms with Crippen molar-refractivity contribution in [3.8, 4) is 0 Å². The summed E-state index contributed by atoms with van der Waals surface area (Å²) in [5, 5.41) is 14.3. The number of carbonyl (C=O) groups is 2. The van der Waals surface area contributed by atoms with Gasteiger partial charge in [-0.25, -0.2) is 14.3 Å². The molecule has 0 spiro atoms. The fourth-order valence-corrected chi connectivity index (χ4v) is 4.08. The number of nitrogens with two attached hydrogens (primary N) is 1. The average Bonchev–Trinajstić information content (AvgIpc) is 3.01. The lowest BCUT2D eigenvalue weighted by Crippen LogP contribution is -2.44. The van der Waals surface area contributed by atoms with Gasteiger partial charge in [0, 0.05) is 17.4 Å². The molecule has 26 heavy (non-hydrogen) atoms. The molecule has 4 N–H and O–H groups in total. The van der Waals surface area contributed by atoms with Crippen LogP contribution in [0.1, 0.15) is 50.8 Å². The van der Waals surface area contributed by atoms with Gasteiger partial charge < -0.3 is 21.2 Å². The molecule has 0 aromatic carbocycles. The lowest BCUT2D eigenvalue weighted by atomic mass is 9.89. The Balaban J connectivity index is 1.71. The number of hydrogen-bond acceptors (Lipinski definition) is 7. The third-order valence-electron chi connectivity index (χ3n) is 4.58. The maximum absolute atomic E-state index is 12.1. The van der Waals surface area contributed by atoms with E-state index in [0.717, 1.165) is 18.7 Å². The van der Waals surface area contributed by atoms with Crippen LogP contribution in [0.4, 0.5) is 4.79 Å². The van der Waals surface area contributed by atoms with Gasteiger partial charge in [-0.2, -0.15) is 0 Å². The van der Waals surface area contributed by atoms with Gasteiger partial charge >= 0.3 is 12.0 Å². The highest BCUT2D eigenvalue weighted by Gasteiger charge is 2.26. The number of urea groups is 1. The van der Waals surface area contributed by atoms with Crippen LogP contribution >= 0.6 is 11.8 Å². The molecule has 2 heterocycles. The number of hydrogen-bond donors (Lipinski definition) is 3. The predicted octanol–water partition coefficient (Wildman–Crippen LogP) is 1.26. The molecule has 3 rings (SSSR count). The summed E-state index contributed by atoms with van der Waals surface area (Å²) in [5.41, 5.74) is 0.925. The maximum atomic E-state index is 12.1. The van der Waals surface area contributed by atoms with Crippen LogP contribution in [-0.2, 0) is 9.53 Å². The topological polar surface area (TPSA) is 124 Å². The van der Waals surface area contributed by atoms with Gasteiger partial charge in [0.15, 0.2) is 5.82 Å². The van der Waals surface area contributed by atoms with E-state index < -0.39 is 5.97 Å². The average molecular weight is 380 g/mol. The third kappa shape index (κ3) is 4.12. The summed E-state index contributed by atoms with van der Waals surface area (Å²) in [6, 6.07) is -0.342. The first-order chi connectivity index (χ1) is 12.6. The molecule has 2 aliphatic rings. The van der Waals surface area contributed by atoms with Crippen LogP contribution in [0.5, 0.6) is 0 Å². The van der Waals surface area contributed by atoms with Crippen molar-refractivity contribution in [1.29, 1.82) is 0 Å². The van der Waals surface area contributed by atoms with Crippen LogP contribution < -0.4 is 16.5 Å². The number of rotatable bonds is 6. The van der Waals surface area contributed by atoms with Crippen molar-refractivity contribution in [1.82, 2.24) is 25.5 Å². The molecule has 1 fully saturated rings. The lowest BCUT2D eigenvalue weighted by Gasteiger charge is -2.21. The lowest BCUT2D eigenvalue weighted by molar-refractivity contribution is -0.138. The van der Waals surface area contributed by atoms with Crippen molar-refractivity contribution in [3.63, 3.8) is 0 Å². The zero-order valence-electron chi connectivity index (χ0n) is 14.8. The zero-order chi connectivity index (χ0) is 18.5. The summed E-state index contributed by atoms with van der Waals surface area (Å²) in [6.45, 7) is 2.16. The number of esters is 1. The Morgan fingerprint density at radius 1 is 1.35 bits per heavy atom. The largest absolute Gasteiger partial charge is 0.463 e. The minimum Gasteiger partial charge on any atom is -0.463 e. The molecule has 1 aliphatic carbocycles. The molecule has 0 unspecified atom stereocenters. The van der Waals surface area contributed by atoms with Crippen LogP contribution in [0.2, 0.25) is 0 Å². The van der Waals surface area contributed by atoms with Gasteiger partial charge in [-0.3, -0.25) is 0 Å². The fourth-order valence-electron chi connectivity index (χ4n) is 3.23. The molecule has 1 aromatic heterocycles. The van der Waals surface area contributed by atoms with Crippen molar-refractivity contribution in [2.24, 2.45) is 0 Å². The molecule has 2 amide bonds. The Labute approximate surface area is 156 Å². The van der Waals surface area contributed by atoms with Gasteiger partial charge in [0.2, 0.25) is 5.16 Å². The summed E-state index contributed by atoms with van der Waals surface area (Å²) < 4.78 is 6.59. The van der Waals surface area contributed by atoms with Gasteiger partial charge in [0.1, 0.15) is 0 Å². The van der Waals surface area contributed by atoms with E-state index in [4.69, 9.17) is 10.6 Å². The van der Waals surface area contributed by atoms with E-state index >= 15 is 0 Å². The number of nitrogen functional groups attached to an aromatic ring is 1. The van der Waals surface area contributed by atoms with Gasteiger partial charge in [0.25, 0.3) is 0 Å². The van der Waals surface area contributed by atoms with E-state index in [1.54, 1.807) is 6.92 Å². The summed E-state index contributed by atoms with van der Waals surface area (Å²) in [4.78, 5) is 23.7. The molecule has 1 aromatic rings. The summed E-state index contributed by atoms with van der Waals surface area (Å²) >= 11 is 1.34. The van der Waals surface area contributed by atoms with E-state index in [-0.39, 0.29) is 19.2 Å². The first kappa shape index (κ1) is 18.6. The van der Waals surface area contributed by atoms with E-state index in [1.165, 1.54) is 35.7 Å². The van der Waals surface area contributed by atoms with E-state index in [2.05, 4.69) is 20.8 Å². The number of amides is 2. The molecule has 1 aliphatic heterocycles. The quantitative estimate of drug-likeness (QED) is 0.385. The van der Waals surface area contributed by atoms with E-state index in [0.29, 0.717) is 28.1 Å². The molecule has 0 bridgehead atoms. The normalized spacial score (nSPS) is 18.4. The summed E-state index contributed by atoms with van der Waals surface area (Å²) in [7, 11) is 0. The minimum absolute atomic E-state index is 0.142. The Morgan fingerprint density at radius 3 is 2.85 bits per heavy atom. The van der Waals surface area contributed by atoms with Crippen molar-refractivity contribution in [2.75, 3.05) is 24.7 Å². The molecular formula is C16H24N6O3S. The first-order valence-corrected chi connectivity index (χ1v) is 9.86. The summed E-state index contributed by atoms with van der Waals surface area (Å²) in [5.74, 6) is 7.25. The Bertz CT molecular complexity index is 711. The number of nitrogens with zero attached hydrogens (tertiary/aromatic N) is 3. The van der Waals surface area contributed by atoms with Gasteiger partial charge in [-0.05, 0) is 19.8 Å². The van der Waals surface area contributed by atoms with Crippen molar-refractivity contribution < 1.29 is 14.3 Å². The van der Waals surface area contributed by atoms with Crippen molar-refractivity contribution >= 4 is 23.8 Å². The van der Waals surface area contributed by atoms with Gasteiger partial charge in [-0.15, -0.1) is 10.2 Å². The Hall–Kier alpha value is -2.23. The van der Waals surface area contributed by atoms with Crippen LogP contribution in [0.15, 0.2) is 16.4 Å². The Kier molecular flexibility index (Phi) is 6.02. The number of ether oxygens (including phenoxy) is 1. The maximum Gasteiger partial charge on any atom is 0.337 e. The Morgan fingerprint density at radius 2 is 2.12 bits per heavy atom. The minimum atomic E-state index is -0.437. The van der Waals surface area contributed by atoms with E-state index in [1.807, 2.05) is 0 Å². The molecule has 142 valence electrons. The van der Waals surface area contributed by atoms with E-state index in [9.17, 15) is 9.59 Å². The molecule has 0 saturated heterocycles. The van der Waals surface area contributed by atoms with Crippen LogP contribution in [0.3, 0.4) is 0 Å². The molecular weight excluding hydrogens is 356 g/mol. The first-order valence-electron chi connectivity index (χ1n) is 8.87. The van der Waals surface area contributed by atoms with Crippen molar-refractivity contribution in [2.45, 2.75) is 50.1 Å². The smallest absolute Gasteiger partial charge is 0.337 e. The van der Waals surface area contributed by atoms with Crippen LogP contribution in [-0.4, -0.2) is 45.8 Å². The second kappa shape index (κ2) is 8.43. The monoisotopic (exact) mass is 380 g/mol. The highest BCUT2D eigenvalue weighted by atomic mass is 32.2. The molecule has 1 saturated carbocycles. The molecule has 0 atom stereocenters. The second-order valence-electron chi connectivity index (χ2n) is 6.32. The second-order valence-corrected chi connectivity index (χ2v) is 7.26. The number of thioether (sulfide) groups is 1.